The summed E-state index contributed by atoms with van der Waals surface area (Å²) in [5, 5.41) is 5.21. The van der Waals surface area contributed by atoms with Crippen molar-refractivity contribution < 1.29 is 27.6 Å². The van der Waals surface area contributed by atoms with Crippen molar-refractivity contribution in [3.05, 3.63) is 29.8 Å². The Morgan fingerprint density at radius 3 is 2.38 bits per heavy atom. The normalized spacial score (nSPS) is 26.6. The molecule has 1 spiro atoms. The molecule has 0 unspecified atom stereocenters. The number of urea groups is 1. The molecule has 0 radical (unpaired) electrons. The van der Waals surface area contributed by atoms with Crippen molar-refractivity contribution in [3.8, 4) is 0 Å². The summed E-state index contributed by atoms with van der Waals surface area (Å²) in [5.74, 6) is -0.845. The first-order chi connectivity index (χ1) is 13.3. The molecule has 0 aromatic heterocycles. The second-order valence-corrected chi connectivity index (χ2v) is 8.88. The van der Waals surface area contributed by atoms with Crippen LogP contribution in [0.15, 0.2) is 24.3 Å². The number of rotatable bonds is 3. The van der Waals surface area contributed by atoms with Crippen LogP contribution in [-0.2, 0) is 15.8 Å². The van der Waals surface area contributed by atoms with E-state index in [2.05, 4.69) is 10.6 Å². The van der Waals surface area contributed by atoms with Crippen LogP contribution in [0.2, 0.25) is 0 Å². The van der Waals surface area contributed by atoms with Gasteiger partial charge in [-0.25, -0.2) is 4.79 Å². The van der Waals surface area contributed by atoms with Crippen molar-refractivity contribution in [1.29, 1.82) is 0 Å². The van der Waals surface area contributed by atoms with Gasteiger partial charge in [0.15, 0.2) is 0 Å². The molecule has 158 valence electrons. The molecule has 2 fully saturated rings. The predicted octanol–water partition coefficient (Wildman–Crippen LogP) is 3.78. The van der Waals surface area contributed by atoms with E-state index >= 15 is 0 Å². The number of carbonyl (C=O) groups is 3. The molecule has 2 aliphatic rings. The fourth-order valence-corrected chi connectivity index (χ4v) is 4.74. The zero-order valence-corrected chi connectivity index (χ0v) is 16.5. The number of nitrogens with one attached hydrogen (secondary N) is 2. The molecule has 29 heavy (non-hydrogen) atoms. The van der Waals surface area contributed by atoms with E-state index in [0.717, 1.165) is 35.6 Å². The van der Waals surface area contributed by atoms with Gasteiger partial charge in [-0.2, -0.15) is 13.2 Å². The second-order valence-electron chi connectivity index (χ2n) is 8.88. The largest absolute Gasteiger partial charge is 0.416 e. The molecule has 1 aromatic carbocycles. The molecule has 4 amide bonds. The highest BCUT2D eigenvalue weighted by Crippen LogP contribution is 2.46. The van der Waals surface area contributed by atoms with E-state index in [9.17, 15) is 27.6 Å². The lowest BCUT2D eigenvalue weighted by Gasteiger charge is -2.43. The average Bonchev–Trinajstić information content (AvgIpc) is 2.76. The van der Waals surface area contributed by atoms with Gasteiger partial charge >= 0.3 is 12.2 Å². The Bertz CT molecular complexity index is 836. The van der Waals surface area contributed by atoms with Gasteiger partial charge in [0.25, 0.3) is 5.91 Å². The van der Waals surface area contributed by atoms with Gasteiger partial charge in [-0.15, -0.1) is 0 Å². The summed E-state index contributed by atoms with van der Waals surface area (Å²) >= 11 is 0. The van der Waals surface area contributed by atoms with E-state index in [4.69, 9.17) is 0 Å². The van der Waals surface area contributed by atoms with Crippen molar-refractivity contribution in [1.82, 2.24) is 10.2 Å². The molecular formula is C20H24F3N3O3. The molecule has 2 N–H and O–H groups in total. The van der Waals surface area contributed by atoms with Gasteiger partial charge in [0.05, 0.1) is 5.56 Å². The van der Waals surface area contributed by atoms with E-state index in [-0.39, 0.29) is 17.0 Å². The molecule has 1 aromatic rings. The lowest BCUT2D eigenvalue weighted by Crippen LogP contribution is -2.54. The Hall–Kier alpha value is -2.58. The number of imide groups is 1. The highest BCUT2D eigenvalue weighted by molar-refractivity contribution is 6.10. The Morgan fingerprint density at radius 2 is 1.83 bits per heavy atom. The maximum absolute atomic E-state index is 13.0. The van der Waals surface area contributed by atoms with Crippen LogP contribution in [0.5, 0.6) is 0 Å². The number of hydrogen-bond donors (Lipinski definition) is 2. The molecule has 9 heteroatoms. The summed E-state index contributed by atoms with van der Waals surface area (Å²) in [7, 11) is 0. The van der Waals surface area contributed by atoms with Crippen LogP contribution in [0, 0.1) is 11.3 Å². The van der Waals surface area contributed by atoms with Crippen LogP contribution < -0.4 is 10.6 Å². The third-order valence-electron chi connectivity index (χ3n) is 5.42. The Morgan fingerprint density at radius 1 is 1.21 bits per heavy atom. The van der Waals surface area contributed by atoms with Crippen LogP contribution in [0.1, 0.15) is 45.6 Å². The quantitative estimate of drug-likeness (QED) is 0.743. The Labute approximate surface area is 166 Å². The minimum atomic E-state index is -4.47. The minimum Gasteiger partial charge on any atom is -0.325 e. The van der Waals surface area contributed by atoms with Gasteiger partial charge < -0.3 is 10.6 Å². The molecule has 0 bridgehead atoms. The molecule has 1 aliphatic heterocycles. The third-order valence-corrected chi connectivity index (χ3v) is 5.42. The molecule has 1 saturated carbocycles. The summed E-state index contributed by atoms with van der Waals surface area (Å²) in [6.07, 6.45) is -2.53. The van der Waals surface area contributed by atoms with E-state index in [1.807, 2.05) is 20.8 Å². The van der Waals surface area contributed by atoms with Crippen LogP contribution in [0.25, 0.3) is 0 Å². The Kier molecular flexibility index (Phi) is 5.13. The van der Waals surface area contributed by atoms with Gasteiger partial charge in [0.2, 0.25) is 5.91 Å². The topological polar surface area (TPSA) is 78.5 Å². The first-order valence-corrected chi connectivity index (χ1v) is 9.43. The van der Waals surface area contributed by atoms with Crippen LogP contribution in [-0.4, -0.2) is 34.8 Å². The van der Waals surface area contributed by atoms with Gasteiger partial charge in [0.1, 0.15) is 12.1 Å². The number of carbonyl (C=O) groups excluding carboxylic acids is 3. The van der Waals surface area contributed by atoms with Crippen molar-refractivity contribution >= 4 is 23.5 Å². The SMILES string of the molecule is C[C@H]1CC(C)(C)C[C@@]2(C1)NC(=O)N(CC(=O)Nc1ccc(C(F)(F)F)cc1)C2=O. The first-order valence-electron chi connectivity index (χ1n) is 9.43. The number of halogens is 3. The molecule has 1 saturated heterocycles. The lowest BCUT2D eigenvalue weighted by atomic mass is 9.64. The van der Waals surface area contributed by atoms with E-state index in [1.54, 1.807) is 0 Å². The van der Waals surface area contributed by atoms with Gasteiger partial charge in [-0.3, -0.25) is 14.5 Å². The van der Waals surface area contributed by atoms with Crippen LogP contribution >= 0.6 is 0 Å². The van der Waals surface area contributed by atoms with Gasteiger partial charge in [-0.05, 0) is 54.9 Å². The number of nitrogens with zero attached hydrogens (tertiary/aromatic N) is 1. The summed E-state index contributed by atoms with van der Waals surface area (Å²) in [6.45, 7) is 5.62. The number of hydrogen-bond acceptors (Lipinski definition) is 3. The fraction of sp³-hybridized carbons (Fsp3) is 0.550. The first kappa shape index (κ1) is 21.1. The zero-order chi connectivity index (χ0) is 21.6. The monoisotopic (exact) mass is 411 g/mol. The molecule has 3 rings (SSSR count). The number of anilines is 1. The molecule has 2 atom stereocenters. The summed E-state index contributed by atoms with van der Waals surface area (Å²) < 4.78 is 37.9. The van der Waals surface area contributed by atoms with E-state index in [1.165, 1.54) is 0 Å². The highest BCUT2D eigenvalue weighted by atomic mass is 19.4. The Balaban J connectivity index is 1.68. The maximum Gasteiger partial charge on any atom is 0.416 e. The summed E-state index contributed by atoms with van der Waals surface area (Å²) in [5.41, 5.74) is -1.82. The minimum absolute atomic E-state index is 0.126. The average molecular weight is 411 g/mol. The third kappa shape index (κ3) is 4.38. The highest BCUT2D eigenvalue weighted by Gasteiger charge is 2.56. The maximum atomic E-state index is 13.0. The zero-order valence-electron chi connectivity index (χ0n) is 16.5. The summed E-state index contributed by atoms with van der Waals surface area (Å²) in [6, 6.07) is 3.33. The number of amides is 4. The van der Waals surface area contributed by atoms with Crippen molar-refractivity contribution in [2.75, 3.05) is 11.9 Å². The smallest absolute Gasteiger partial charge is 0.325 e. The van der Waals surface area contributed by atoms with Crippen LogP contribution in [0.3, 0.4) is 0 Å². The lowest BCUT2D eigenvalue weighted by molar-refractivity contribution is -0.137. The number of alkyl halides is 3. The van der Waals surface area contributed by atoms with Gasteiger partial charge in [0, 0.05) is 5.69 Å². The van der Waals surface area contributed by atoms with E-state index < -0.39 is 41.7 Å². The van der Waals surface area contributed by atoms with Crippen molar-refractivity contribution in [3.63, 3.8) is 0 Å². The molecule has 6 nitrogen and oxygen atoms in total. The van der Waals surface area contributed by atoms with Crippen molar-refractivity contribution in [2.24, 2.45) is 11.3 Å². The van der Waals surface area contributed by atoms with Gasteiger partial charge in [-0.1, -0.05) is 20.8 Å². The van der Waals surface area contributed by atoms with Crippen molar-refractivity contribution in [2.45, 2.75) is 51.7 Å². The van der Waals surface area contributed by atoms with E-state index in [0.29, 0.717) is 12.8 Å². The number of benzene rings is 1. The summed E-state index contributed by atoms with van der Waals surface area (Å²) in [4.78, 5) is 38.6. The molecule has 1 aliphatic carbocycles. The molecule has 1 heterocycles. The second kappa shape index (κ2) is 7.03. The molecular weight excluding hydrogens is 387 g/mol. The predicted molar refractivity (Wildman–Crippen MR) is 99.8 cm³/mol. The van der Waals surface area contributed by atoms with Crippen LogP contribution in [0.4, 0.5) is 23.7 Å². The standard InChI is InChI=1S/C20H24F3N3O3/c1-12-8-18(2,3)11-19(9-12)16(28)26(17(29)25-19)10-15(27)24-14-6-4-13(5-7-14)20(21,22)23/h4-7,12H,8-11H2,1-3H3,(H,24,27)(H,25,29)/t12-,19+/m0/s1. The fourth-order valence-electron chi connectivity index (χ4n) is 4.74.